The van der Waals surface area contributed by atoms with Crippen LogP contribution in [0.25, 0.3) is 0 Å². The van der Waals surface area contributed by atoms with E-state index < -0.39 is 0 Å². The van der Waals surface area contributed by atoms with Crippen molar-refractivity contribution in [3.05, 3.63) is 30.3 Å². The number of hydrogen-bond acceptors (Lipinski definition) is 3. The number of carbonyl (C=O) groups excluding carboxylic acids is 1. The maximum Gasteiger partial charge on any atom is 0.220 e. The molecule has 1 saturated heterocycles. The molecule has 4 heteroatoms. The Morgan fingerprint density at radius 3 is 2.60 bits per heavy atom. The molecule has 1 amide bonds. The van der Waals surface area contributed by atoms with E-state index in [0.29, 0.717) is 12.5 Å². The average molecular weight is 275 g/mol. The highest BCUT2D eigenvalue weighted by Crippen LogP contribution is 2.19. The Kier molecular flexibility index (Phi) is 5.41. The molecule has 1 fully saturated rings. The summed E-state index contributed by atoms with van der Waals surface area (Å²) in [5.74, 6) is 0.139. The van der Waals surface area contributed by atoms with Gasteiger partial charge in [0, 0.05) is 37.3 Å². The third kappa shape index (κ3) is 4.53. The molecule has 3 N–H and O–H groups in total. The van der Waals surface area contributed by atoms with Crippen molar-refractivity contribution in [3.8, 4) is 0 Å². The fourth-order valence-corrected chi connectivity index (χ4v) is 2.58. The summed E-state index contributed by atoms with van der Waals surface area (Å²) in [4.78, 5) is 14.2. The van der Waals surface area contributed by atoms with Gasteiger partial charge in [0.15, 0.2) is 0 Å². The topological polar surface area (TPSA) is 58.4 Å². The van der Waals surface area contributed by atoms with E-state index in [1.807, 2.05) is 13.0 Å². The minimum absolute atomic E-state index is 0.0978. The highest BCUT2D eigenvalue weighted by Gasteiger charge is 2.20. The Morgan fingerprint density at radius 2 is 2.00 bits per heavy atom. The van der Waals surface area contributed by atoms with Crippen LogP contribution in [0.5, 0.6) is 0 Å². The normalized spacial score (nSPS) is 17.8. The molecule has 20 heavy (non-hydrogen) atoms. The molecule has 1 aliphatic rings. The summed E-state index contributed by atoms with van der Waals surface area (Å²) in [6.45, 7) is 3.94. The standard InChI is InChI=1S/C16H25N3O/c1-13(17)7-8-16(20)18-14-9-11-19(12-10-14)15-5-3-2-4-6-15/h2-6,13-14H,7-12,17H2,1H3,(H,18,20). The van der Waals surface area contributed by atoms with Crippen molar-refractivity contribution in [2.75, 3.05) is 18.0 Å². The first-order valence-corrected chi connectivity index (χ1v) is 7.50. The van der Waals surface area contributed by atoms with Gasteiger partial charge < -0.3 is 16.0 Å². The van der Waals surface area contributed by atoms with E-state index in [4.69, 9.17) is 5.73 Å². The zero-order valence-corrected chi connectivity index (χ0v) is 12.2. The monoisotopic (exact) mass is 275 g/mol. The molecule has 0 aliphatic carbocycles. The van der Waals surface area contributed by atoms with Crippen LogP contribution in [0.2, 0.25) is 0 Å². The Hall–Kier alpha value is -1.55. The number of amides is 1. The van der Waals surface area contributed by atoms with Gasteiger partial charge in [0.1, 0.15) is 0 Å². The van der Waals surface area contributed by atoms with Gasteiger partial charge in [-0.15, -0.1) is 0 Å². The van der Waals surface area contributed by atoms with Crippen molar-refractivity contribution in [3.63, 3.8) is 0 Å². The molecule has 0 saturated carbocycles. The van der Waals surface area contributed by atoms with Crippen LogP contribution < -0.4 is 16.0 Å². The van der Waals surface area contributed by atoms with Gasteiger partial charge >= 0.3 is 0 Å². The molecule has 110 valence electrons. The van der Waals surface area contributed by atoms with Gasteiger partial charge in [-0.05, 0) is 38.3 Å². The number of anilines is 1. The lowest BCUT2D eigenvalue weighted by molar-refractivity contribution is -0.122. The molecule has 0 spiro atoms. The molecule has 0 radical (unpaired) electrons. The smallest absolute Gasteiger partial charge is 0.220 e. The first-order valence-electron chi connectivity index (χ1n) is 7.50. The Morgan fingerprint density at radius 1 is 1.35 bits per heavy atom. The van der Waals surface area contributed by atoms with E-state index in [9.17, 15) is 4.79 Å². The molecule has 2 rings (SSSR count). The van der Waals surface area contributed by atoms with E-state index in [0.717, 1.165) is 32.4 Å². The van der Waals surface area contributed by atoms with Crippen molar-refractivity contribution in [2.45, 2.75) is 44.7 Å². The second kappa shape index (κ2) is 7.29. The molecule has 1 aliphatic heterocycles. The lowest BCUT2D eigenvalue weighted by Gasteiger charge is -2.34. The summed E-state index contributed by atoms with van der Waals surface area (Å²) in [5.41, 5.74) is 6.94. The first-order chi connectivity index (χ1) is 9.65. The summed E-state index contributed by atoms with van der Waals surface area (Å²) in [5, 5.41) is 3.13. The maximum atomic E-state index is 11.8. The molecule has 0 bridgehead atoms. The maximum absolute atomic E-state index is 11.8. The van der Waals surface area contributed by atoms with E-state index in [2.05, 4.69) is 34.5 Å². The molecule has 1 unspecified atom stereocenters. The minimum atomic E-state index is 0.0978. The van der Waals surface area contributed by atoms with Crippen molar-refractivity contribution in [1.29, 1.82) is 0 Å². The van der Waals surface area contributed by atoms with Crippen LogP contribution in [-0.2, 0) is 4.79 Å². The zero-order chi connectivity index (χ0) is 14.4. The van der Waals surface area contributed by atoms with Crippen molar-refractivity contribution >= 4 is 11.6 Å². The predicted molar refractivity (Wildman–Crippen MR) is 82.7 cm³/mol. The van der Waals surface area contributed by atoms with Gasteiger partial charge in [0.05, 0.1) is 0 Å². The minimum Gasteiger partial charge on any atom is -0.371 e. The van der Waals surface area contributed by atoms with Crippen molar-refractivity contribution in [2.24, 2.45) is 5.73 Å². The van der Waals surface area contributed by atoms with E-state index in [1.165, 1.54) is 5.69 Å². The fraction of sp³-hybridized carbons (Fsp3) is 0.562. The van der Waals surface area contributed by atoms with Crippen LogP contribution in [0, 0.1) is 0 Å². The number of nitrogens with zero attached hydrogens (tertiary/aromatic N) is 1. The van der Waals surface area contributed by atoms with Gasteiger partial charge in [-0.2, -0.15) is 0 Å². The highest BCUT2D eigenvalue weighted by atomic mass is 16.1. The number of carbonyl (C=O) groups is 1. The number of para-hydroxylation sites is 1. The third-order valence-electron chi connectivity index (χ3n) is 3.81. The molecule has 1 atom stereocenters. The van der Waals surface area contributed by atoms with Crippen LogP contribution in [-0.4, -0.2) is 31.1 Å². The lowest BCUT2D eigenvalue weighted by Crippen LogP contribution is -2.44. The average Bonchev–Trinajstić information content (AvgIpc) is 2.47. The van der Waals surface area contributed by atoms with Crippen molar-refractivity contribution in [1.82, 2.24) is 5.32 Å². The second-order valence-electron chi connectivity index (χ2n) is 5.68. The Bertz CT molecular complexity index is 411. The molecule has 0 aromatic heterocycles. The van der Waals surface area contributed by atoms with Gasteiger partial charge in [-0.1, -0.05) is 18.2 Å². The SMILES string of the molecule is CC(N)CCC(=O)NC1CCN(c2ccccc2)CC1. The van der Waals surface area contributed by atoms with Gasteiger partial charge in [-0.3, -0.25) is 4.79 Å². The number of nitrogens with two attached hydrogens (primary N) is 1. The van der Waals surface area contributed by atoms with Crippen LogP contribution in [0.1, 0.15) is 32.6 Å². The number of hydrogen-bond donors (Lipinski definition) is 2. The molecular formula is C16H25N3O. The fourth-order valence-electron chi connectivity index (χ4n) is 2.58. The predicted octanol–water partition coefficient (Wildman–Crippen LogP) is 1.90. The third-order valence-corrected chi connectivity index (χ3v) is 3.81. The van der Waals surface area contributed by atoms with Gasteiger partial charge in [0.2, 0.25) is 5.91 Å². The van der Waals surface area contributed by atoms with Crippen LogP contribution in [0.3, 0.4) is 0 Å². The quantitative estimate of drug-likeness (QED) is 0.863. The molecule has 1 aromatic rings. The summed E-state index contributed by atoms with van der Waals surface area (Å²) >= 11 is 0. The number of benzene rings is 1. The van der Waals surface area contributed by atoms with E-state index >= 15 is 0 Å². The van der Waals surface area contributed by atoms with E-state index in [1.54, 1.807) is 0 Å². The van der Waals surface area contributed by atoms with Gasteiger partial charge in [0.25, 0.3) is 0 Å². The molecule has 1 heterocycles. The summed E-state index contributed by atoms with van der Waals surface area (Å²) < 4.78 is 0. The Labute approximate surface area is 121 Å². The zero-order valence-electron chi connectivity index (χ0n) is 12.2. The summed E-state index contributed by atoms with van der Waals surface area (Å²) in [6.07, 6.45) is 3.32. The molecule has 1 aromatic carbocycles. The second-order valence-corrected chi connectivity index (χ2v) is 5.68. The number of nitrogens with one attached hydrogen (secondary N) is 1. The Balaban J connectivity index is 1.73. The summed E-state index contributed by atoms with van der Waals surface area (Å²) in [7, 11) is 0. The first kappa shape index (κ1) is 14.9. The van der Waals surface area contributed by atoms with Crippen LogP contribution in [0.4, 0.5) is 5.69 Å². The number of rotatable bonds is 5. The lowest BCUT2D eigenvalue weighted by atomic mass is 10.0. The molecular weight excluding hydrogens is 250 g/mol. The van der Waals surface area contributed by atoms with Crippen molar-refractivity contribution < 1.29 is 4.79 Å². The largest absolute Gasteiger partial charge is 0.371 e. The van der Waals surface area contributed by atoms with E-state index in [-0.39, 0.29) is 11.9 Å². The summed E-state index contributed by atoms with van der Waals surface area (Å²) in [6, 6.07) is 10.9. The van der Waals surface area contributed by atoms with Crippen LogP contribution >= 0.6 is 0 Å². The number of piperidine rings is 1. The van der Waals surface area contributed by atoms with Gasteiger partial charge in [-0.25, -0.2) is 0 Å². The highest BCUT2D eigenvalue weighted by molar-refractivity contribution is 5.76. The van der Waals surface area contributed by atoms with Crippen LogP contribution in [0.15, 0.2) is 30.3 Å². The molecule has 4 nitrogen and oxygen atoms in total.